The lowest BCUT2D eigenvalue weighted by Crippen LogP contribution is -2.29. The van der Waals surface area contributed by atoms with Gasteiger partial charge < -0.3 is 14.1 Å². The lowest BCUT2D eigenvalue weighted by atomic mass is 10.1. The molecule has 164 valence electrons. The summed E-state index contributed by atoms with van der Waals surface area (Å²) >= 11 is 0. The van der Waals surface area contributed by atoms with Crippen LogP contribution in [0.1, 0.15) is 31.9 Å². The highest BCUT2D eigenvalue weighted by Crippen LogP contribution is 2.33. The fourth-order valence-electron chi connectivity index (χ4n) is 4.12. The number of halogens is 1. The van der Waals surface area contributed by atoms with Crippen LogP contribution in [-0.2, 0) is 21.2 Å². The van der Waals surface area contributed by atoms with E-state index in [1.54, 1.807) is 30.3 Å². The van der Waals surface area contributed by atoms with Crippen LogP contribution in [0.5, 0.6) is 5.75 Å². The Labute approximate surface area is 181 Å². The Morgan fingerprint density at radius 1 is 1.19 bits per heavy atom. The van der Waals surface area contributed by atoms with Gasteiger partial charge in [-0.1, -0.05) is 0 Å². The fourth-order valence-corrected chi connectivity index (χ4v) is 5.61. The summed E-state index contributed by atoms with van der Waals surface area (Å²) in [5.41, 5.74) is 1.49. The molecular formula is C23H25FN2O4S. The molecule has 1 aliphatic rings. The van der Waals surface area contributed by atoms with Gasteiger partial charge in [0.15, 0.2) is 0 Å². The lowest BCUT2D eigenvalue weighted by molar-refractivity contribution is -0.107. The van der Waals surface area contributed by atoms with Gasteiger partial charge in [0.2, 0.25) is 10.0 Å². The van der Waals surface area contributed by atoms with Crippen LogP contribution >= 0.6 is 0 Å². The number of carbonyl (C=O) groups excluding carboxylic acids is 1. The second kappa shape index (κ2) is 8.43. The monoisotopic (exact) mass is 444 g/mol. The molecule has 8 heteroatoms. The van der Waals surface area contributed by atoms with E-state index in [1.807, 2.05) is 24.6 Å². The van der Waals surface area contributed by atoms with Gasteiger partial charge in [-0.25, -0.2) is 12.8 Å². The number of sulfonamides is 1. The van der Waals surface area contributed by atoms with Crippen molar-refractivity contribution in [3.63, 3.8) is 0 Å². The molecule has 1 atom stereocenters. The molecule has 4 rings (SSSR count). The first-order valence-electron chi connectivity index (χ1n) is 10.3. The molecule has 2 heterocycles. The second-order valence-electron chi connectivity index (χ2n) is 8.04. The van der Waals surface area contributed by atoms with E-state index in [2.05, 4.69) is 0 Å². The van der Waals surface area contributed by atoms with Crippen molar-refractivity contribution < 1.29 is 22.3 Å². The summed E-state index contributed by atoms with van der Waals surface area (Å²) in [7, 11) is -3.66. The van der Waals surface area contributed by atoms with E-state index in [1.165, 1.54) is 16.4 Å². The summed E-state index contributed by atoms with van der Waals surface area (Å²) in [6.45, 7) is 4.47. The maximum absolute atomic E-state index is 13.9. The second-order valence-corrected chi connectivity index (χ2v) is 9.98. The zero-order valence-corrected chi connectivity index (χ0v) is 18.3. The zero-order chi connectivity index (χ0) is 22.2. The molecule has 0 amide bonds. The van der Waals surface area contributed by atoms with Crippen LogP contribution in [0, 0.1) is 5.82 Å². The molecule has 0 unspecified atom stereocenters. The Kier molecular flexibility index (Phi) is 5.85. The van der Waals surface area contributed by atoms with E-state index in [9.17, 15) is 17.6 Å². The fraction of sp³-hybridized carbons (Fsp3) is 0.348. The SMILES string of the molecule is CC(C)Oc1ccc(S(=O)(=O)N2CC[C@@H](n3cc(CC=O)c4ccc(F)cc43)C2)cc1. The minimum absolute atomic E-state index is 0.00660. The molecule has 1 saturated heterocycles. The van der Waals surface area contributed by atoms with Gasteiger partial charge in [0.25, 0.3) is 0 Å². The molecule has 6 nitrogen and oxygen atoms in total. The number of aromatic nitrogens is 1. The van der Waals surface area contributed by atoms with Gasteiger partial charge in [0.05, 0.1) is 16.5 Å². The highest BCUT2D eigenvalue weighted by Gasteiger charge is 2.34. The number of carbonyl (C=O) groups is 1. The van der Waals surface area contributed by atoms with Crippen molar-refractivity contribution in [1.29, 1.82) is 0 Å². The molecule has 0 aliphatic carbocycles. The van der Waals surface area contributed by atoms with E-state index >= 15 is 0 Å². The molecule has 0 bridgehead atoms. The average Bonchev–Trinajstić information content (AvgIpc) is 3.34. The van der Waals surface area contributed by atoms with Crippen LogP contribution in [0.2, 0.25) is 0 Å². The average molecular weight is 445 g/mol. The van der Waals surface area contributed by atoms with E-state index < -0.39 is 10.0 Å². The number of hydrogen-bond acceptors (Lipinski definition) is 4. The number of fused-ring (bicyclic) bond motifs is 1. The maximum atomic E-state index is 13.9. The molecule has 1 aromatic heterocycles. The van der Waals surface area contributed by atoms with Gasteiger partial charge >= 0.3 is 0 Å². The van der Waals surface area contributed by atoms with E-state index in [0.29, 0.717) is 24.2 Å². The summed E-state index contributed by atoms with van der Waals surface area (Å²) < 4.78 is 49.1. The molecular weight excluding hydrogens is 419 g/mol. The highest BCUT2D eigenvalue weighted by molar-refractivity contribution is 7.89. The molecule has 0 saturated carbocycles. The Balaban J connectivity index is 1.59. The van der Waals surface area contributed by atoms with Crippen molar-refractivity contribution in [2.75, 3.05) is 13.1 Å². The summed E-state index contributed by atoms with van der Waals surface area (Å²) in [5, 5.41) is 0.815. The quantitative estimate of drug-likeness (QED) is 0.518. The third-order valence-electron chi connectivity index (χ3n) is 5.53. The Morgan fingerprint density at radius 2 is 1.94 bits per heavy atom. The van der Waals surface area contributed by atoms with Gasteiger partial charge in [0, 0.05) is 37.1 Å². The number of rotatable bonds is 7. The van der Waals surface area contributed by atoms with Crippen LogP contribution in [0.3, 0.4) is 0 Å². The molecule has 0 N–H and O–H groups in total. The number of aldehydes is 1. The Morgan fingerprint density at radius 3 is 2.61 bits per heavy atom. The first-order valence-corrected chi connectivity index (χ1v) is 11.7. The van der Waals surface area contributed by atoms with E-state index in [4.69, 9.17) is 4.74 Å². The van der Waals surface area contributed by atoms with Crippen LogP contribution in [0.4, 0.5) is 4.39 Å². The number of ether oxygens (including phenoxy) is 1. The molecule has 0 spiro atoms. The van der Waals surface area contributed by atoms with Gasteiger partial charge in [-0.15, -0.1) is 0 Å². The molecule has 2 aromatic carbocycles. The van der Waals surface area contributed by atoms with Gasteiger partial charge in [-0.05, 0) is 68.3 Å². The largest absolute Gasteiger partial charge is 0.491 e. The van der Waals surface area contributed by atoms with Crippen LogP contribution in [0.25, 0.3) is 10.9 Å². The first kappa shape index (κ1) is 21.5. The van der Waals surface area contributed by atoms with Crippen LogP contribution in [0.15, 0.2) is 53.6 Å². The molecule has 1 aliphatic heterocycles. The smallest absolute Gasteiger partial charge is 0.243 e. The summed E-state index contributed by atoms with van der Waals surface area (Å²) in [4.78, 5) is 11.3. The van der Waals surface area contributed by atoms with Gasteiger partial charge in [0.1, 0.15) is 17.9 Å². The predicted molar refractivity (Wildman–Crippen MR) is 116 cm³/mol. The highest BCUT2D eigenvalue weighted by atomic mass is 32.2. The summed E-state index contributed by atoms with van der Waals surface area (Å²) in [6, 6.07) is 10.8. The molecule has 31 heavy (non-hydrogen) atoms. The third kappa shape index (κ3) is 4.22. The maximum Gasteiger partial charge on any atom is 0.243 e. The third-order valence-corrected chi connectivity index (χ3v) is 7.41. The van der Waals surface area contributed by atoms with Crippen molar-refractivity contribution in [3.8, 4) is 5.75 Å². The first-order chi connectivity index (χ1) is 14.8. The Bertz CT molecular complexity index is 1200. The number of nitrogens with zero attached hydrogens (tertiary/aromatic N) is 2. The van der Waals surface area contributed by atoms with Crippen molar-refractivity contribution >= 4 is 27.2 Å². The zero-order valence-electron chi connectivity index (χ0n) is 17.5. The molecule has 0 radical (unpaired) electrons. The molecule has 1 fully saturated rings. The minimum Gasteiger partial charge on any atom is -0.491 e. The van der Waals surface area contributed by atoms with Gasteiger partial charge in [-0.3, -0.25) is 0 Å². The Hall–Kier alpha value is -2.71. The minimum atomic E-state index is -3.66. The predicted octanol–water partition coefficient (Wildman–Crippen LogP) is 3.94. The van der Waals surface area contributed by atoms with Gasteiger partial charge in [-0.2, -0.15) is 4.31 Å². The lowest BCUT2D eigenvalue weighted by Gasteiger charge is -2.18. The summed E-state index contributed by atoms with van der Waals surface area (Å²) in [5.74, 6) is 0.257. The molecule has 3 aromatic rings. The topological polar surface area (TPSA) is 68.6 Å². The number of hydrogen-bond donors (Lipinski definition) is 0. The normalized spacial score (nSPS) is 17.5. The van der Waals surface area contributed by atoms with Crippen molar-refractivity contribution in [3.05, 3.63) is 60.0 Å². The van der Waals surface area contributed by atoms with Crippen molar-refractivity contribution in [2.24, 2.45) is 0 Å². The standard InChI is InChI=1S/C23H25FN2O4S/c1-16(2)30-20-4-6-21(7-5-20)31(28,29)25-11-9-19(15-25)26-14-17(10-12-27)22-8-3-18(24)13-23(22)26/h3-8,12-14,16,19H,9-11,15H2,1-2H3/t19-/m1/s1. The van der Waals surface area contributed by atoms with E-state index in [0.717, 1.165) is 17.2 Å². The van der Waals surface area contributed by atoms with Crippen molar-refractivity contribution in [2.45, 2.75) is 43.7 Å². The van der Waals surface area contributed by atoms with Crippen LogP contribution in [-0.4, -0.2) is 42.8 Å². The van der Waals surface area contributed by atoms with Crippen LogP contribution < -0.4 is 4.74 Å². The van der Waals surface area contributed by atoms with Crippen molar-refractivity contribution in [1.82, 2.24) is 8.87 Å². The number of benzene rings is 2. The van der Waals surface area contributed by atoms with E-state index in [-0.39, 0.29) is 35.8 Å². The summed E-state index contributed by atoms with van der Waals surface area (Å²) in [6.07, 6.45) is 3.51.